The van der Waals surface area contributed by atoms with Crippen LogP contribution in [0.1, 0.15) is 18.4 Å². The summed E-state index contributed by atoms with van der Waals surface area (Å²) in [6.45, 7) is 1.99. The molecule has 7 nitrogen and oxygen atoms in total. The van der Waals surface area contributed by atoms with E-state index in [4.69, 9.17) is 4.74 Å². The quantitative estimate of drug-likeness (QED) is 0.696. The Morgan fingerprint density at radius 2 is 1.88 bits per heavy atom. The van der Waals surface area contributed by atoms with Crippen molar-refractivity contribution in [3.8, 4) is 11.5 Å². The van der Waals surface area contributed by atoms with Gasteiger partial charge in [-0.1, -0.05) is 12.1 Å². The number of aryl methyl sites for hydroxylation is 1. The summed E-state index contributed by atoms with van der Waals surface area (Å²) in [5, 5.41) is 7.35. The van der Waals surface area contributed by atoms with Crippen LogP contribution in [0.15, 0.2) is 48.5 Å². The molecule has 1 heterocycles. The number of hydrogen-bond acceptors (Lipinski definition) is 4. The number of carbonyl (C=O) groups is 3. The summed E-state index contributed by atoms with van der Waals surface area (Å²) in [6, 6.07) is 13.6. The molecule has 1 aliphatic rings. The van der Waals surface area contributed by atoms with Crippen LogP contribution in [0.2, 0.25) is 0 Å². The maximum atomic E-state index is 12.0. The summed E-state index contributed by atoms with van der Waals surface area (Å²) < 4.78 is 5.76. The van der Waals surface area contributed by atoms with Crippen molar-refractivity contribution in [3.05, 3.63) is 54.1 Å². The number of amides is 4. The highest BCUT2D eigenvalue weighted by atomic mass is 16.5. The van der Waals surface area contributed by atoms with E-state index in [1.54, 1.807) is 24.3 Å². The maximum absolute atomic E-state index is 12.0. The van der Waals surface area contributed by atoms with Crippen molar-refractivity contribution < 1.29 is 19.1 Å². The van der Waals surface area contributed by atoms with Gasteiger partial charge in [0.1, 0.15) is 17.5 Å². The Labute approximate surface area is 150 Å². The third-order valence-corrected chi connectivity index (χ3v) is 3.88. The number of benzene rings is 2. The molecule has 0 bridgehead atoms. The van der Waals surface area contributed by atoms with Gasteiger partial charge >= 0.3 is 6.03 Å². The molecular weight excluding hydrogens is 334 g/mol. The van der Waals surface area contributed by atoms with E-state index in [1.165, 1.54) is 0 Å². The molecule has 3 N–H and O–H groups in total. The zero-order valence-corrected chi connectivity index (χ0v) is 14.2. The summed E-state index contributed by atoms with van der Waals surface area (Å²) in [7, 11) is 0. The van der Waals surface area contributed by atoms with Gasteiger partial charge in [-0.3, -0.25) is 14.9 Å². The Morgan fingerprint density at radius 1 is 1.12 bits per heavy atom. The first-order valence-electron chi connectivity index (χ1n) is 8.25. The van der Waals surface area contributed by atoms with E-state index in [9.17, 15) is 14.4 Å². The molecular formula is C19H19N3O4. The number of carbonyl (C=O) groups excluding carboxylic acids is 3. The van der Waals surface area contributed by atoms with Crippen LogP contribution >= 0.6 is 0 Å². The lowest BCUT2D eigenvalue weighted by molar-refractivity contribution is -0.120. The van der Waals surface area contributed by atoms with Gasteiger partial charge in [0.2, 0.25) is 5.91 Å². The average Bonchev–Trinajstić information content (AvgIpc) is 2.92. The molecule has 7 heteroatoms. The first-order chi connectivity index (χ1) is 12.5. The van der Waals surface area contributed by atoms with Crippen molar-refractivity contribution in [3.63, 3.8) is 0 Å². The van der Waals surface area contributed by atoms with Crippen molar-refractivity contribution in [1.29, 1.82) is 0 Å². The average molecular weight is 353 g/mol. The fourth-order valence-electron chi connectivity index (χ4n) is 2.58. The second-order valence-corrected chi connectivity index (χ2v) is 6.05. The number of ether oxygens (including phenoxy) is 1. The van der Waals surface area contributed by atoms with Gasteiger partial charge in [0.25, 0.3) is 5.91 Å². The molecule has 0 unspecified atom stereocenters. The van der Waals surface area contributed by atoms with Crippen LogP contribution in [0.3, 0.4) is 0 Å². The smallest absolute Gasteiger partial charge is 0.322 e. The molecule has 1 aliphatic heterocycles. The van der Waals surface area contributed by atoms with Crippen molar-refractivity contribution >= 4 is 23.5 Å². The summed E-state index contributed by atoms with van der Waals surface area (Å²) >= 11 is 0. The Morgan fingerprint density at radius 3 is 2.54 bits per heavy atom. The maximum Gasteiger partial charge on any atom is 0.322 e. The van der Waals surface area contributed by atoms with E-state index in [2.05, 4.69) is 16.0 Å². The molecule has 0 aliphatic carbocycles. The fourth-order valence-corrected chi connectivity index (χ4v) is 2.58. The van der Waals surface area contributed by atoms with Crippen LogP contribution in [0, 0.1) is 6.92 Å². The number of hydrogen-bond donors (Lipinski definition) is 3. The third-order valence-electron chi connectivity index (χ3n) is 3.88. The zero-order valence-electron chi connectivity index (χ0n) is 14.2. The van der Waals surface area contributed by atoms with Gasteiger partial charge in [-0.2, -0.15) is 0 Å². The van der Waals surface area contributed by atoms with E-state index in [0.717, 1.165) is 11.3 Å². The van der Waals surface area contributed by atoms with Crippen LogP contribution in [-0.4, -0.2) is 23.9 Å². The minimum absolute atomic E-state index is 0.125. The van der Waals surface area contributed by atoms with E-state index >= 15 is 0 Å². The lowest BCUT2D eigenvalue weighted by Gasteiger charge is -2.09. The van der Waals surface area contributed by atoms with Gasteiger partial charge in [0.05, 0.1) is 0 Å². The Kier molecular flexibility index (Phi) is 5.17. The Bertz CT molecular complexity index is 833. The lowest BCUT2D eigenvalue weighted by atomic mass is 10.1. The number of imide groups is 1. The summed E-state index contributed by atoms with van der Waals surface area (Å²) in [6.07, 6.45) is 0.373. The minimum Gasteiger partial charge on any atom is -0.457 e. The van der Waals surface area contributed by atoms with E-state index in [0.29, 0.717) is 11.4 Å². The van der Waals surface area contributed by atoms with Crippen molar-refractivity contribution in [2.24, 2.45) is 0 Å². The molecule has 2 aromatic rings. The monoisotopic (exact) mass is 353 g/mol. The third kappa shape index (κ3) is 4.60. The molecule has 2 aromatic carbocycles. The summed E-state index contributed by atoms with van der Waals surface area (Å²) in [5.41, 5.74) is 1.74. The molecule has 3 rings (SSSR count). The number of urea groups is 1. The number of rotatable bonds is 6. The molecule has 26 heavy (non-hydrogen) atoms. The van der Waals surface area contributed by atoms with E-state index < -0.39 is 18.0 Å². The molecule has 1 saturated heterocycles. The molecule has 0 radical (unpaired) electrons. The first kappa shape index (κ1) is 17.5. The van der Waals surface area contributed by atoms with Gasteiger partial charge < -0.3 is 15.4 Å². The first-order valence-corrected chi connectivity index (χ1v) is 8.25. The Balaban J connectivity index is 1.50. The predicted octanol–water partition coefficient (Wildman–Crippen LogP) is 2.71. The molecule has 0 spiro atoms. The SMILES string of the molecule is Cc1cccc(Oc2ccc(NC(=O)CC[C@H]3NC(=O)NC3=O)cc2)c1. The highest BCUT2D eigenvalue weighted by Crippen LogP contribution is 2.23. The normalized spacial score (nSPS) is 16.0. The molecule has 134 valence electrons. The van der Waals surface area contributed by atoms with Crippen molar-refractivity contribution in [2.75, 3.05) is 5.32 Å². The summed E-state index contributed by atoms with van der Waals surface area (Å²) in [4.78, 5) is 34.4. The van der Waals surface area contributed by atoms with Gasteiger partial charge in [0, 0.05) is 12.1 Å². The van der Waals surface area contributed by atoms with Gasteiger partial charge in [0.15, 0.2) is 0 Å². The number of nitrogens with one attached hydrogen (secondary N) is 3. The zero-order chi connectivity index (χ0) is 18.5. The summed E-state index contributed by atoms with van der Waals surface area (Å²) in [5.74, 6) is 0.782. The molecule has 0 aromatic heterocycles. The minimum atomic E-state index is -0.654. The van der Waals surface area contributed by atoms with Crippen molar-refractivity contribution in [2.45, 2.75) is 25.8 Å². The van der Waals surface area contributed by atoms with Crippen LogP contribution in [-0.2, 0) is 9.59 Å². The molecule has 0 saturated carbocycles. The molecule has 1 atom stereocenters. The number of anilines is 1. The largest absolute Gasteiger partial charge is 0.457 e. The predicted molar refractivity (Wildman–Crippen MR) is 96.0 cm³/mol. The van der Waals surface area contributed by atoms with Crippen molar-refractivity contribution in [1.82, 2.24) is 10.6 Å². The highest BCUT2D eigenvalue weighted by molar-refractivity contribution is 6.04. The van der Waals surface area contributed by atoms with Crippen LogP contribution in [0.5, 0.6) is 11.5 Å². The lowest BCUT2D eigenvalue weighted by Crippen LogP contribution is -2.30. The van der Waals surface area contributed by atoms with Gasteiger partial charge in [-0.15, -0.1) is 0 Å². The second-order valence-electron chi connectivity index (χ2n) is 6.05. The highest BCUT2D eigenvalue weighted by Gasteiger charge is 2.29. The standard InChI is InChI=1S/C19H19N3O4/c1-12-3-2-4-15(11-12)26-14-7-5-13(6-8-14)20-17(23)10-9-16-18(24)22-19(25)21-16/h2-8,11,16H,9-10H2,1H3,(H,20,23)(H2,21,22,24,25)/t16-/m1/s1. The van der Waals surface area contributed by atoms with Crippen LogP contribution in [0.4, 0.5) is 10.5 Å². The van der Waals surface area contributed by atoms with Crippen LogP contribution in [0.25, 0.3) is 0 Å². The van der Waals surface area contributed by atoms with Crippen LogP contribution < -0.4 is 20.7 Å². The molecule has 1 fully saturated rings. The topological polar surface area (TPSA) is 96.5 Å². The van der Waals surface area contributed by atoms with Gasteiger partial charge in [-0.25, -0.2) is 4.79 Å². The van der Waals surface area contributed by atoms with E-state index in [-0.39, 0.29) is 18.7 Å². The van der Waals surface area contributed by atoms with Gasteiger partial charge in [-0.05, 0) is 55.3 Å². The second kappa shape index (κ2) is 7.69. The Hall–Kier alpha value is -3.35. The van der Waals surface area contributed by atoms with E-state index in [1.807, 2.05) is 31.2 Å². The molecule has 4 amide bonds. The fraction of sp³-hybridized carbons (Fsp3) is 0.211.